The van der Waals surface area contributed by atoms with Crippen LogP contribution in [-0.4, -0.2) is 44.2 Å². The third kappa shape index (κ3) is 4.59. The monoisotopic (exact) mass is 372 g/mol. The highest BCUT2D eigenvalue weighted by Crippen LogP contribution is 2.19. The summed E-state index contributed by atoms with van der Waals surface area (Å²) in [5.74, 6) is -0.0909. The van der Waals surface area contributed by atoms with E-state index in [1.54, 1.807) is 68.7 Å². The molecular weight excluding hydrogens is 348 g/mol. The van der Waals surface area contributed by atoms with Gasteiger partial charge in [-0.15, -0.1) is 6.58 Å². The third-order valence-electron chi connectivity index (χ3n) is 3.96. The zero-order chi connectivity index (χ0) is 19.3. The van der Waals surface area contributed by atoms with Gasteiger partial charge in [-0.3, -0.25) is 4.79 Å². The van der Waals surface area contributed by atoms with Crippen LogP contribution in [-0.2, 0) is 16.6 Å². The molecule has 0 aliphatic heterocycles. The molecule has 0 aliphatic carbocycles. The van der Waals surface area contributed by atoms with E-state index >= 15 is 0 Å². The summed E-state index contributed by atoms with van der Waals surface area (Å²) in [6.07, 6.45) is 1.57. The van der Waals surface area contributed by atoms with Gasteiger partial charge in [0, 0.05) is 32.7 Å². The summed E-state index contributed by atoms with van der Waals surface area (Å²) in [4.78, 5) is 13.7. The van der Waals surface area contributed by atoms with Crippen molar-refractivity contribution in [3.8, 4) is 0 Å². The Kier molecular flexibility index (Phi) is 6.34. The van der Waals surface area contributed by atoms with Crippen LogP contribution in [0.4, 0.5) is 0 Å². The van der Waals surface area contributed by atoms with E-state index < -0.39 is 10.0 Å². The van der Waals surface area contributed by atoms with Crippen LogP contribution in [0.5, 0.6) is 0 Å². The first-order valence-corrected chi connectivity index (χ1v) is 9.68. The molecule has 2 aromatic carbocycles. The Morgan fingerprint density at radius 3 is 2.12 bits per heavy atom. The lowest BCUT2D eigenvalue weighted by molar-refractivity contribution is 0.0827. The van der Waals surface area contributed by atoms with E-state index in [-0.39, 0.29) is 23.9 Å². The molecule has 0 aromatic heterocycles. The Morgan fingerprint density at radius 2 is 1.62 bits per heavy atom. The second kappa shape index (κ2) is 8.29. The van der Waals surface area contributed by atoms with Crippen LogP contribution in [0.3, 0.4) is 0 Å². The van der Waals surface area contributed by atoms with Crippen LogP contribution < -0.4 is 0 Å². The molecule has 2 aromatic rings. The zero-order valence-corrected chi connectivity index (χ0v) is 16.2. The average molecular weight is 372 g/mol. The van der Waals surface area contributed by atoms with E-state index in [2.05, 4.69) is 6.58 Å². The van der Waals surface area contributed by atoms with Gasteiger partial charge in [0.15, 0.2) is 0 Å². The molecule has 0 heterocycles. The summed E-state index contributed by atoms with van der Waals surface area (Å²) in [6.45, 7) is 5.99. The van der Waals surface area contributed by atoms with Gasteiger partial charge in [-0.05, 0) is 36.8 Å². The van der Waals surface area contributed by atoms with Gasteiger partial charge in [-0.25, -0.2) is 8.42 Å². The van der Waals surface area contributed by atoms with Crippen LogP contribution in [0.15, 0.2) is 66.1 Å². The number of rotatable bonds is 7. The number of amides is 1. The van der Waals surface area contributed by atoms with Crippen molar-refractivity contribution in [2.45, 2.75) is 18.4 Å². The van der Waals surface area contributed by atoms with Gasteiger partial charge in [0.1, 0.15) is 0 Å². The fraction of sp³-hybridized carbons (Fsp3) is 0.250. The molecular formula is C20H24N2O3S. The van der Waals surface area contributed by atoms with Gasteiger partial charge in [0.2, 0.25) is 10.0 Å². The molecule has 0 bridgehead atoms. The minimum atomic E-state index is -3.63. The number of sulfonamides is 1. The standard InChI is InChI=1S/C20H24N2O3S/c1-5-14-22(26(24,25)19-12-6-16(2)7-13-19)15-17-8-10-18(11-9-17)20(23)21(3)4/h5-13H,1,14-15H2,2-4H3. The van der Waals surface area contributed by atoms with Crippen LogP contribution in [0, 0.1) is 6.92 Å². The Morgan fingerprint density at radius 1 is 1.04 bits per heavy atom. The van der Waals surface area contributed by atoms with E-state index in [1.165, 1.54) is 9.21 Å². The van der Waals surface area contributed by atoms with Crippen LogP contribution in [0.1, 0.15) is 21.5 Å². The second-order valence-electron chi connectivity index (χ2n) is 6.30. The maximum absolute atomic E-state index is 12.9. The molecule has 26 heavy (non-hydrogen) atoms. The van der Waals surface area contributed by atoms with Crippen molar-refractivity contribution < 1.29 is 13.2 Å². The predicted molar refractivity (Wildman–Crippen MR) is 103 cm³/mol. The Bertz CT molecular complexity index is 870. The Hall–Kier alpha value is -2.44. The zero-order valence-electron chi connectivity index (χ0n) is 15.3. The molecule has 0 saturated carbocycles. The lowest BCUT2D eigenvalue weighted by Crippen LogP contribution is -2.31. The number of nitrogens with zero attached hydrogens (tertiary/aromatic N) is 2. The second-order valence-corrected chi connectivity index (χ2v) is 8.23. The van der Waals surface area contributed by atoms with Gasteiger partial charge >= 0.3 is 0 Å². The molecule has 0 radical (unpaired) electrons. The molecule has 0 N–H and O–H groups in total. The quantitative estimate of drug-likeness (QED) is 0.702. The van der Waals surface area contributed by atoms with Gasteiger partial charge < -0.3 is 4.90 Å². The highest BCUT2D eigenvalue weighted by molar-refractivity contribution is 7.89. The first-order chi connectivity index (χ1) is 12.3. The van der Waals surface area contributed by atoms with Crippen molar-refractivity contribution in [2.24, 2.45) is 0 Å². The lowest BCUT2D eigenvalue weighted by Gasteiger charge is -2.21. The van der Waals surface area contributed by atoms with Crippen LogP contribution in [0.25, 0.3) is 0 Å². The third-order valence-corrected chi connectivity index (χ3v) is 5.78. The molecule has 0 aliphatic rings. The molecule has 0 atom stereocenters. The summed E-state index contributed by atoms with van der Waals surface area (Å²) in [6, 6.07) is 13.7. The molecule has 0 saturated heterocycles. The number of carbonyl (C=O) groups excluding carboxylic acids is 1. The molecule has 5 nitrogen and oxygen atoms in total. The smallest absolute Gasteiger partial charge is 0.253 e. The normalized spacial score (nSPS) is 11.4. The fourth-order valence-corrected chi connectivity index (χ4v) is 3.86. The summed E-state index contributed by atoms with van der Waals surface area (Å²) in [5, 5.41) is 0. The molecule has 0 spiro atoms. The SMILES string of the molecule is C=CCN(Cc1ccc(C(=O)N(C)C)cc1)S(=O)(=O)c1ccc(C)cc1. The van der Waals surface area contributed by atoms with Crippen molar-refractivity contribution in [3.63, 3.8) is 0 Å². The minimum Gasteiger partial charge on any atom is -0.345 e. The van der Waals surface area contributed by atoms with Gasteiger partial charge in [0.25, 0.3) is 5.91 Å². The Labute approximate surface area is 155 Å². The van der Waals surface area contributed by atoms with Gasteiger partial charge in [0.05, 0.1) is 4.90 Å². The number of carbonyl (C=O) groups is 1. The number of hydrogen-bond donors (Lipinski definition) is 0. The summed E-state index contributed by atoms with van der Waals surface area (Å²) >= 11 is 0. The maximum Gasteiger partial charge on any atom is 0.253 e. The van der Waals surface area contributed by atoms with Crippen molar-refractivity contribution in [3.05, 3.63) is 77.9 Å². The summed E-state index contributed by atoms with van der Waals surface area (Å²) in [5.41, 5.74) is 2.37. The van der Waals surface area contributed by atoms with Gasteiger partial charge in [-0.1, -0.05) is 35.9 Å². The summed E-state index contributed by atoms with van der Waals surface area (Å²) in [7, 11) is -0.250. The average Bonchev–Trinajstić information content (AvgIpc) is 2.61. The van der Waals surface area contributed by atoms with Crippen molar-refractivity contribution in [2.75, 3.05) is 20.6 Å². The van der Waals surface area contributed by atoms with E-state index in [9.17, 15) is 13.2 Å². The molecule has 138 valence electrons. The minimum absolute atomic E-state index is 0.0909. The largest absolute Gasteiger partial charge is 0.345 e. The van der Waals surface area contributed by atoms with E-state index in [4.69, 9.17) is 0 Å². The molecule has 0 fully saturated rings. The lowest BCUT2D eigenvalue weighted by atomic mass is 10.1. The van der Waals surface area contributed by atoms with Crippen LogP contribution >= 0.6 is 0 Å². The fourth-order valence-electron chi connectivity index (χ4n) is 2.47. The number of benzene rings is 2. The van der Waals surface area contributed by atoms with Crippen molar-refractivity contribution in [1.82, 2.24) is 9.21 Å². The highest BCUT2D eigenvalue weighted by Gasteiger charge is 2.23. The van der Waals surface area contributed by atoms with Crippen LogP contribution in [0.2, 0.25) is 0 Å². The molecule has 2 rings (SSSR count). The first kappa shape index (κ1) is 19.9. The van der Waals surface area contributed by atoms with Crippen molar-refractivity contribution >= 4 is 15.9 Å². The predicted octanol–water partition coefficient (Wildman–Crippen LogP) is 3.07. The first-order valence-electron chi connectivity index (χ1n) is 8.24. The number of aryl methyl sites for hydroxylation is 1. The van der Waals surface area contributed by atoms with Crippen molar-refractivity contribution in [1.29, 1.82) is 0 Å². The van der Waals surface area contributed by atoms with E-state index in [0.717, 1.165) is 11.1 Å². The topological polar surface area (TPSA) is 57.7 Å². The number of hydrogen-bond acceptors (Lipinski definition) is 3. The molecule has 6 heteroatoms. The van der Waals surface area contributed by atoms with E-state index in [1.807, 2.05) is 6.92 Å². The molecule has 1 amide bonds. The van der Waals surface area contributed by atoms with E-state index in [0.29, 0.717) is 5.56 Å². The highest BCUT2D eigenvalue weighted by atomic mass is 32.2. The Balaban J connectivity index is 2.26. The maximum atomic E-state index is 12.9. The van der Waals surface area contributed by atoms with Gasteiger partial charge in [-0.2, -0.15) is 4.31 Å². The molecule has 0 unspecified atom stereocenters. The summed E-state index contributed by atoms with van der Waals surface area (Å²) < 4.78 is 27.2.